The number of fused-ring (bicyclic) bond motifs is 1. The van der Waals surface area contributed by atoms with Gasteiger partial charge in [0, 0.05) is 35.8 Å². The molecule has 0 fully saturated rings. The summed E-state index contributed by atoms with van der Waals surface area (Å²) in [6.07, 6.45) is 0. The van der Waals surface area contributed by atoms with Crippen LogP contribution in [0.2, 0.25) is 0 Å². The van der Waals surface area contributed by atoms with Crippen LogP contribution in [0.1, 0.15) is 27.2 Å². The summed E-state index contributed by atoms with van der Waals surface area (Å²) >= 11 is 0. The van der Waals surface area contributed by atoms with E-state index in [9.17, 15) is 18.7 Å². The molecule has 0 unspecified atom stereocenters. The number of nitrogens with zero attached hydrogens (tertiary/aromatic N) is 1. The van der Waals surface area contributed by atoms with Gasteiger partial charge in [0.05, 0.1) is 5.56 Å². The van der Waals surface area contributed by atoms with Gasteiger partial charge >= 0.3 is 0 Å². The number of benzene rings is 3. The molecular formula is C24H20F2N2O2. The maximum atomic E-state index is 13.4. The molecule has 0 aliphatic heterocycles. The highest BCUT2D eigenvalue weighted by Crippen LogP contribution is 2.30. The van der Waals surface area contributed by atoms with E-state index in [2.05, 4.69) is 5.32 Å². The molecule has 4 aromatic rings. The molecular weight excluding hydrogens is 386 g/mol. The normalized spacial score (nSPS) is 11.0. The van der Waals surface area contributed by atoms with E-state index >= 15 is 0 Å². The van der Waals surface area contributed by atoms with Gasteiger partial charge in [-0.3, -0.25) is 4.79 Å². The summed E-state index contributed by atoms with van der Waals surface area (Å²) in [6.45, 7) is 2.39. The van der Waals surface area contributed by atoms with Crippen molar-refractivity contribution in [3.05, 3.63) is 101 Å². The minimum Gasteiger partial charge on any atom is -0.508 e. The van der Waals surface area contributed by atoms with Crippen molar-refractivity contribution in [3.8, 4) is 5.75 Å². The molecule has 1 amide bonds. The molecule has 0 saturated heterocycles. The second-order valence-corrected chi connectivity index (χ2v) is 7.19. The minimum atomic E-state index is -0.695. The van der Waals surface area contributed by atoms with Crippen LogP contribution in [0.15, 0.2) is 66.7 Å². The van der Waals surface area contributed by atoms with Crippen molar-refractivity contribution in [1.82, 2.24) is 9.88 Å². The van der Waals surface area contributed by atoms with Crippen molar-refractivity contribution in [3.63, 3.8) is 0 Å². The number of aromatic hydroxyl groups is 1. The van der Waals surface area contributed by atoms with E-state index in [-0.39, 0.29) is 18.2 Å². The summed E-state index contributed by atoms with van der Waals surface area (Å²) in [5.74, 6) is -1.71. The summed E-state index contributed by atoms with van der Waals surface area (Å²) in [7, 11) is 0. The number of carbonyl (C=O) groups is 1. The number of aromatic nitrogens is 1. The number of phenolic OH excluding ortho intramolecular Hbond substituents is 1. The van der Waals surface area contributed by atoms with Crippen molar-refractivity contribution in [1.29, 1.82) is 0 Å². The van der Waals surface area contributed by atoms with E-state index in [1.165, 1.54) is 12.1 Å². The molecule has 0 radical (unpaired) electrons. The molecule has 4 nitrogen and oxygen atoms in total. The topological polar surface area (TPSA) is 54.3 Å². The van der Waals surface area contributed by atoms with Crippen molar-refractivity contribution >= 4 is 16.8 Å². The Morgan fingerprint density at radius 2 is 1.67 bits per heavy atom. The zero-order valence-electron chi connectivity index (χ0n) is 16.3. The number of hydrogen-bond donors (Lipinski definition) is 2. The van der Waals surface area contributed by atoms with Gasteiger partial charge in [0.25, 0.3) is 5.91 Å². The Bertz CT molecular complexity index is 1210. The number of carbonyl (C=O) groups excluding carboxylic acids is 1. The van der Waals surface area contributed by atoms with Crippen LogP contribution in [-0.4, -0.2) is 15.6 Å². The highest BCUT2D eigenvalue weighted by molar-refractivity contribution is 6.08. The molecule has 0 aliphatic carbocycles. The van der Waals surface area contributed by atoms with E-state index in [1.807, 2.05) is 41.8 Å². The van der Waals surface area contributed by atoms with Gasteiger partial charge in [0.15, 0.2) is 0 Å². The lowest BCUT2D eigenvalue weighted by Gasteiger charge is -2.09. The summed E-state index contributed by atoms with van der Waals surface area (Å²) in [6, 6.07) is 17.9. The van der Waals surface area contributed by atoms with Crippen LogP contribution in [0.25, 0.3) is 10.9 Å². The first-order valence-electron chi connectivity index (χ1n) is 9.51. The molecule has 2 N–H and O–H groups in total. The number of hydrogen-bond acceptors (Lipinski definition) is 2. The number of rotatable bonds is 5. The molecule has 30 heavy (non-hydrogen) atoms. The maximum Gasteiger partial charge on any atom is 0.254 e. The van der Waals surface area contributed by atoms with Gasteiger partial charge < -0.3 is 15.0 Å². The van der Waals surface area contributed by atoms with Gasteiger partial charge in [-0.15, -0.1) is 0 Å². The van der Waals surface area contributed by atoms with Gasteiger partial charge in [-0.25, -0.2) is 8.78 Å². The highest BCUT2D eigenvalue weighted by atomic mass is 19.1. The highest BCUT2D eigenvalue weighted by Gasteiger charge is 2.20. The Hall–Kier alpha value is -3.67. The van der Waals surface area contributed by atoms with Crippen LogP contribution >= 0.6 is 0 Å². The summed E-state index contributed by atoms with van der Waals surface area (Å²) in [5.41, 5.74) is 3.38. The molecule has 0 aliphatic rings. The molecule has 0 saturated carbocycles. The van der Waals surface area contributed by atoms with Gasteiger partial charge in [-0.1, -0.05) is 30.3 Å². The zero-order valence-corrected chi connectivity index (χ0v) is 16.3. The Morgan fingerprint density at radius 3 is 2.37 bits per heavy atom. The Balaban J connectivity index is 1.69. The first kappa shape index (κ1) is 19.6. The van der Waals surface area contributed by atoms with Crippen LogP contribution in [0.3, 0.4) is 0 Å². The third kappa shape index (κ3) is 3.89. The number of nitrogens with one attached hydrogen (secondary N) is 1. The van der Waals surface area contributed by atoms with Crippen molar-refractivity contribution in [2.75, 3.05) is 0 Å². The van der Waals surface area contributed by atoms with Gasteiger partial charge in [-0.2, -0.15) is 0 Å². The van der Waals surface area contributed by atoms with Crippen LogP contribution in [0, 0.1) is 18.6 Å². The third-order valence-corrected chi connectivity index (χ3v) is 5.09. The van der Waals surface area contributed by atoms with Crippen molar-refractivity contribution in [2.24, 2.45) is 0 Å². The molecule has 0 atom stereocenters. The Kier molecular flexibility index (Phi) is 5.23. The summed E-state index contributed by atoms with van der Waals surface area (Å²) in [4.78, 5) is 13.0. The number of amides is 1. The van der Waals surface area contributed by atoms with Gasteiger partial charge in [0.1, 0.15) is 17.4 Å². The van der Waals surface area contributed by atoms with Crippen LogP contribution in [-0.2, 0) is 13.1 Å². The summed E-state index contributed by atoms with van der Waals surface area (Å²) < 4.78 is 28.9. The number of phenols is 1. The lowest BCUT2D eigenvalue weighted by molar-refractivity contribution is 0.0951. The predicted molar refractivity (Wildman–Crippen MR) is 111 cm³/mol. The predicted octanol–water partition coefficient (Wildman–Crippen LogP) is 4.91. The quantitative estimate of drug-likeness (QED) is 0.495. The smallest absolute Gasteiger partial charge is 0.254 e. The van der Waals surface area contributed by atoms with Crippen LogP contribution in [0.5, 0.6) is 5.75 Å². The fraction of sp³-hybridized carbons (Fsp3) is 0.125. The van der Waals surface area contributed by atoms with Crippen LogP contribution < -0.4 is 5.32 Å². The lowest BCUT2D eigenvalue weighted by atomic mass is 10.1. The second-order valence-electron chi connectivity index (χ2n) is 7.19. The van der Waals surface area contributed by atoms with Crippen molar-refractivity contribution < 1.29 is 18.7 Å². The largest absolute Gasteiger partial charge is 0.508 e. The van der Waals surface area contributed by atoms with Gasteiger partial charge in [0.2, 0.25) is 0 Å². The van der Waals surface area contributed by atoms with E-state index in [0.29, 0.717) is 23.1 Å². The standard InChI is InChI=1S/C24H20F2N2O2/c1-15-23(24(30)27-13-17-9-18(25)11-19(26)10-17)21-12-20(29)7-8-22(21)28(15)14-16-5-3-2-4-6-16/h2-12,29H,13-14H2,1H3,(H,27,30). The number of halogens is 2. The first-order chi connectivity index (χ1) is 14.4. The Labute approximate surface area is 172 Å². The fourth-order valence-corrected chi connectivity index (χ4v) is 3.71. The SMILES string of the molecule is Cc1c(C(=O)NCc2cc(F)cc(F)c2)c2cc(O)ccc2n1Cc1ccccc1. The van der Waals surface area contributed by atoms with E-state index in [1.54, 1.807) is 18.2 Å². The van der Waals surface area contributed by atoms with Crippen molar-refractivity contribution in [2.45, 2.75) is 20.0 Å². The molecule has 3 aromatic carbocycles. The monoisotopic (exact) mass is 406 g/mol. The maximum absolute atomic E-state index is 13.4. The average molecular weight is 406 g/mol. The summed E-state index contributed by atoms with van der Waals surface area (Å²) in [5, 5.41) is 13.3. The molecule has 1 aromatic heterocycles. The zero-order chi connectivity index (χ0) is 21.3. The van der Waals surface area contributed by atoms with E-state index < -0.39 is 11.6 Å². The molecule has 0 bridgehead atoms. The molecule has 1 heterocycles. The van der Waals surface area contributed by atoms with Gasteiger partial charge in [-0.05, 0) is 48.4 Å². The molecule has 4 rings (SSSR count). The van der Waals surface area contributed by atoms with E-state index in [0.717, 1.165) is 22.8 Å². The van der Waals surface area contributed by atoms with E-state index in [4.69, 9.17) is 0 Å². The first-order valence-corrected chi connectivity index (χ1v) is 9.51. The average Bonchev–Trinajstić information content (AvgIpc) is 2.97. The Morgan fingerprint density at radius 1 is 0.967 bits per heavy atom. The third-order valence-electron chi connectivity index (χ3n) is 5.09. The minimum absolute atomic E-state index is 0.0167. The van der Waals surface area contributed by atoms with Crippen LogP contribution in [0.4, 0.5) is 8.78 Å². The molecule has 152 valence electrons. The molecule has 6 heteroatoms. The second kappa shape index (κ2) is 7.99. The molecule has 0 spiro atoms. The lowest BCUT2D eigenvalue weighted by Crippen LogP contribution is -2.23. The fourth-order valence-electron chi connectivity index (χ4n) is 3.71.